The molecule has 0 saturated carbocycles. The molecular weight excluding hydrogens is 312 g/mol. The Bertz CT molecular complexity index is 606. The number of amides is 1. The zero-order chi connectivity index (χ0) is 17.9. The van der Waals surface area contributed by atoms with Crippen molar-refractivity contribution in [3.05, 3.63) is 28.6 Å². The van der Waals surface area contributed by atoms with E-state index in [0.717, 1.165) is 12.8 Å². The number of carbonyl (C=O) groups excluding carboxylic acids is 1. The minimum absolute atomic E-state index is 0.00503. The summed E-state index contributed by atoms with van der Waals surface area (Å²) < 4.78 is 5.38. The number of nitro groups is 1. The largest absolute Gasteiger partial charge is 0.444 e. The van der Waals surface area contributed by atoms with Crippen LogP contribution in [0.15, 0.2) is 18.5 Å². The zero-order valence-electron chi connectivity index (χ0n) is 14.6. The lowest BCUT2D eigenvalue weighted by Gasteiger charge is -2.37. The van der Waals surface area contributed by atoms with E-state index in [4.69, 9.17) is 4.74 Å². The molecular formula is C16H24N4O4. The van der Waals surface area contributed by atoms with Gasteiger partial charge in [0.05, 0.1) is 4.92 Å². The summed E-state index contributed by atoms with van der Waals surface area (Å²) in [7, 11) is 1.84. The molecule has 1 aromatic heterocycles. The molecule has 1 aromatic rings. The van der Waals surface area contributed by atoms with Crippen LogP contribution < -0.4 is 4.90 Å². The van der Waals surface area contributed by atoms with Gasteiger partial charge in [0, 0.05) is 32.4 Å². The Morgan fingerprint density at radius 2 is 2.04 bits per heavy atom. The van der Waals surface area contributed by atoms with Crippen molar-refractivity contribution >= 4 is 17.5 Å². The van der Waals surface area contributed by atoms with Gasteiger partial charge in [-0.3, -0.25) is 15.1 Å². The highest BCUT2D eigenvalue weighted by molar-refractivity contribution is 5.68. The highest BCUT2D eigenvalue weighted by Crippen LogP contribution is 2.30. The van der Waals surface area contributed by atoms with E-state index >= 15 is 0 Å². The number of ether oxygens (including phenoxy) is 1. The molecule has 0 atom stereocenters. The summed E-state index contributed by atoms with van der Waals surface area (Å²) in [5.41, 5.74) is 0.0304. The fourth-order valence-electron chi connectivity index (χ4n) is 2.78. The van der Waals surface area contributed by atoms with Crippen molar-refractivity contribution in [1.82, 2.24) is 9.88 Å². The van der Waals surface area contributed by atoms with Crippen molar-refractivity contribution in [3.63, 3.8) is 0 Å². The van der Waals surface area contributed by atoms with Gasteiger partial charge in [-0.15, -0.1) is 0 Å². The fraction of sp³-hybridized carbons (Fsp3) is 0.625. The van der Waals surface area contributed by atoms with Crippen molar-refractivity contribution < 1.29 is 14.5 Å². The maximum absolute atomic E-state index is 12.1. The van der Waals surface area contributed by atoms with Gasteiger partial charge in [0.15, 0.2) is 0 Å². The summed E-state index contributed by atoms with van der Waals surface area (Å²) in [6.07, 6.45) is 3.97. The minimum atomic E-state index is -0.512. The Kier molecular flexibility index (Phi) is 5.26. The third-order valence-corrected chi connectivity index (χ3v) is 4.02. The van der Waals surface area contributed by atoms with E-state index in [9.17, 15) is 14.9 Å². The summed E-state index contributed by atoms with van der Waals surface area (Å²) in [6.45, 7) is 6.67. The van der Waals surface area contributed by atoms with E-state index in [1.807, 2.05) is 32.7 Å². The average Bonchev–Trinajstić information content (AvgIpc) is 2.52. The molecule has 132 valence electrons. The highest BCUT2D eigenvalue weighted by Gasteiger charge is 2.30. The Morgan fingerprint density at radius 3 is 2.58 bits per heavy atom. The van der Waals surface area contributed by atoms with Gasteiger partial charge >= 0.3 is 11.8 Å². The standard InChI is InChI=1S/C16H24N4O4/c1-16(2,3)24-15(21)19-9-6-12(7-10-19)18(4)13-5-8-17-11-14(13)20(22)23/h5,8,11-12H,6-7,9-10H2,1-4H3. The second kappa shape index (κ2) is 7.02. The molecule has 0 radical (unpaired) electrons. The van der Waals surface area contributed by atoms with Gasteiger partial charge in [0.2, 0.25) is 0 Å². The van der Waals surface area contributed by atoms with Crippen LogP contribution in [0.5, 0.6) is 0 Å². The van der Waals surface area contributed by atoms with E-state index in [1.165, 1.54) is 6.20 Å². The van der Waals surface area contributed by atoms with Gasteiger partial charge in [0.25, 0.3) is 0 Å². The molecule has 0 bridgehead atoms. The molecule has 1 aliphatic heterocycles. The summed E-state index contributed by atoms with van der Waals surface area (Å²) >= 11 is 0. The first-order valence-electron chi connectivity index (χ1n) is 7.98. The van der Waals surface area contributed by atoms with Gasteiger partial charge in [-0.1, -0.05) is 0 Å². The molecule has 0 unspecified atom stereocenters. The van der Waals surface area contributed by atoms with Gasteiger partial charge < -0.3 is 14.5 Å². The maximum atomic E-state index is 12.1. The van der Waals surface area contributed by atoms with E-state index in [-0.39, 0.29) is 17.8 Å². The molecule has 1 amide bonds. The van der Waals surface area contributed by atoms with Crippen molar-refractivity contribution in [2.75, 3.05) is 25.0 Å². The SMILES string of the molecule is CN(c1ccncc1[N+](=O)[O-])C1CCN(C(=O)OC(C)(C)C)CC1. The second-order valence-electron chi connectivity index (χ2n) is 6.93. The normalized spacial score (nSPS) is 15.9. The van der Waals surface area contributed by atoms with Crippen molar-refractivity contribution in [3.8, 4) is 0 Å². The first-order valence-corrected chi connectivity index (χ1v) is 7.98. The Labute approximate surface area is 141 Å². The number of pyridine rings is 1. The first kappa shape index (κ1) is 18.0. The number of carbonyl (C=O) groups is 1. The van der Waals surface area contributed by atoms with Crippen LogP contribution in [0.2, 0.25) is 0 Å². The molecule has 0 spiro atoms. The Morgan fingerprint density at radius 1 is 1.42 bits per heavy atom. The van der Waals surface area contributed by atoms with E-state index in [0.29, 0.717) is 18.8 Å². The van der Waals surface area contributed by atoms with E-state index in [2.05, 4.69) is 4.98 Å². The average molecular weight is 336 g/mol. The minimum Gasteiger partial charge on any atom is -0.444 e. The molecule has 2 heterocycles. The fourth-order valence-corrected chi connectivity index (χ4v) is 2.78. The summed E-state index contributed by atoms with van der Waals surface area (Å²) in [5.74, 6) is 0. The molecule has 2 rings (SSSR count). The number of anilines is 1. The van der Waals surface area contributed by atoms with Gasteiger partial charge in [-0.2, -0.15) is 0 Å². The maximum Gasteiger partial charge on any atom is 0.410 e. The van der Waals surface area contributed by atoms with Crippen LogP contribution in [-0.2, 0) is 4.74 Å². The zero-order valence-corrected chi connectivity index (χ0v) is 14.6. The van der Waals surface area contributed by atoms with Gasteiger partial charge in [-0.05, 0) is 39.7 Å². The molecule has 1 fully saturated rings. The molecule has 1 aliphatic rings. The number of hydrogen-bond acceptors (Lipinski definition) is 6. The predicted octanol–water partition coefficient (Wildman–Crippen LogP) is 2.83. The van der Waals surface area contributed by atoms with Crippen LogP contribution in [0.4, 0.5) is 16.2 Å². The van der Waals surface area contributed by atoms with Crippen LogP contribution in [0.25, 0.3) is 0 Å². The Hall–Kier alpha value is -2.38. The lowest BCUT2D eigenvalue weighted by Crippen LogP contribution is -2.47. The van der Waals surface area contributed by atoms with E-state index < -0.39 is 10.5 Å². The second-order valence-corrected chi connectivity index (χ2v) is 6.93. The van der Waals surface area contributed by atoms with Crippen LogP contribution in [0.1, 0.15) is 33.6 Å². The van der Waals surface area contributed by atoms with Crippen LogP contribution in [-0.4, -0.2) is 52.7 Å². The van der Waals surface area contributed by atoms with Crippen molar-refractivity contribution in [1.29, 1.82) is 0 Å². The summed E-state index contributed by atoms with van der Waals surface area (Å²) in [6, 6.07) is 1.78. The lowest BCUT2D eigenvalue weighted by molar-refractivity contribution is -0.384. The molecule has 24 heavy (non-hydrogen) atoms. The third kappa shape index (κ3) is 4.33. The molecule has 0 aliphatic carbocycles. The monoisotopic (exact) mass is 336 g/mol. The predicted molar refractivity (Wildman–Crippen MR) is 90.1 cm³/mol. The Balaban J connectivity index is 2.00. The van der Waals surface area contributed by atoms with Crippen molar-refractivity contribution in [2.45, 2.75) is 45.3 Å². The topological polar surface area (TPSA) is 88.8 Å². The number of nitrogens with zero attached hydrogens (tertiary/aromatic N) is 4. The summed E-state index contributed by atoms with van der Waals surface area (Å²) in [5, 5.41) is 11.2. The van der Waals surface area contributed by atoms with Gasteiger partial charge in [-0.25, -0.2) is 4.79 Å². The van der Waals surface area contributed by atoms with Gasteiger partial charge in [0.1, 0.15) is 17.5 Å². The molecule has 8 nitrogen and oxygen atoms in total. The molecule has 1 saturated heterocycles. The number of piperidine rings is 1. The molecule has 8 heteroatoms. The number of aromatic nitrogens is 1. The quantitative estimate of drug-likeness (QED) is 0.623. The van der Waals surface area contributed by atoms with Crippen LogP contribution in [0, 0.1) is 10.1 Å². The lowest BCUT2D eigenvalue weighted by atomic mass is 10.0. The number of likely N-dealkylation sites (tertiary alicyclic amines) is 1. The summed E-state index contributed by atoms with van der Waals surface area (Å²) in [4.78, 5) is 30.3. The smallest absolute Gasteiger partial charge is 0.410 e. The highest BCUT2D eigenvalue weighted by atomic mass is 16.6. The first-order chi connectivity index (χ1) is 11.2. The number of hydrogen-bond donors (Lipinski definition) is 0. The van der Waals surface area contributed by atoms with E-state index in [1.54, 1.807) is 17.2 Å². The third-order valence-electron chi connectivity index (χ3n) is 4.02. The number of rotatable bonds is 3. The van der Waals surface area contributed by atoms with Crippen LogP contribution in [0.3, 0.4) is 0 Å². The van der Waals surface area contributed by atoms with Crippen LogP contribution >= 0.6 is 0 Å². The molecule has 0 N–H and O–H groups in total. The van der Waals surface area contributed by atoms with Crippen molar-refractivity contribution in [2.24, 2.45) is 0 Å². The molecule has 0 aromatic carbocycles.